The number of rotatable bonds is 2. The van der Waals surface area contributed by atoms with Gasteiger partial charge in [0.15, 0.2) is 0 Å². The van der Waals surface area contributed by atoms with Crippen LogP contribution in [-0.2, 0) is 0 Å². The number of nitrogens with one attached hydrogen (secondary N) is 1. The fourth-order valence-corrected chi connectivity index (χ4v) is 2.22. The maximum Gasteiger partial charge on any atom is 0.251 e. The van der Waals surface area contributed by atoms with Gasteiger partial charge in [0, 0.05) is 17.6 Å². The van der Waals surface area contributed by atoms with E-state index in [1.807, 2.05) is 30.3 Å². The fourth-order valence-electron chi connectivity index (χ4n) is 2.22. The van der Waals surface area contributed by atoms with Crippen LogP contribution in [0.2, 0.25) is 0 Å². The Morgan fingerprint density at radius 2 is 1.94 bits per heavy atom. The first-order chi connectivity index (χ1) is 7.75. The van der Waals surface area contributed by atoms with E-state index in [1.165, 1.54) is 0 Å². The first-order valence-electron chi connectivity index (χ1n) is 5.87. The van der Waals surface area contributed by atoms with Crippen molar-refractivity contribution in [3.05, 3.63) is 35.9 Å². The maximum atomic E-state index is 11.9. The summed E-state index contributed by atoms with van der Waals surface area (Å²) in [7, 11) is 0. The average molecular weight is 255 g/mol. The Morgan fingerprint density at radius 1 is 1.24 bits per heavy atom. The molecular formula is C13H19ClN2O. The van der Waals surface area contributed by atoms with E-state index in [4.69, 9.17) is 5.73 Å². The van der Waals surface area contributed by atoms with E-state index in [0.717, 1.165) is 31.2 Å². The van der Waals surface area contributed by atoms with Crippen molar-refractivity contribution in [2.24, 2.45) is 5.73 Å². The molecule has 1 fully saturated rings. The van der Waals surface area contributed by atoms with Gasteiger partial charge < -0.3 is 11.1 Å². The molecule has 94 valence electrons. The molecule has 2 rings (SSSR count). The standard InChI is InChI=1S/C13H18N2O.ClH/c14-11-7-4-8-12(9-11)15-13(16)10-5-2-1-3-6-10;/h1-3,5-6,11-12H,4,7-9,14H2,(H,15,16);1H. The zero-order valence-corrected chi connectivity index (χ0v) is 10.6. The van der Waals surface area contributed by atoms with Crippen LogP contribution in [0.3, 0.4) is 0 Å². The topological polar surface area (TPSA) is 55.1 Å². The normalized spacial score (nSPS) is 23.6. The highest BCUT2D eigenvalue weighted by Crippen LogP contribution is 2.17. The van der Waals surface area contributed by atoms with Gasteiger partial charge in [-0.3, -0.25) is 4.79 Å². The minimum atomic E-state index is 0. The molecule has 2 unspecified atom stereocenters. The molecule has 3 nitrogen and oxygen atoms in total. The lowest BCUT2D eigenvalue weighted by Crippen LogP contribution is -2.42. The molecule has 0 aliphatic heterocycles. The number of halogens is 1. The van der Waals surface area contributed by atoms with Gasteiger partial charge in [0.2, 0.25) is 0 Å². The van der Waals surface area contributed by atoms with E-state index in [2.05, 4.69) is 5.32 Å². The van der Waals surface area contributed by atoms with Crippen molar-refractivity contribution >= 4 is 18.3 Å². The molecule has 0 bridgehead atoms. The number of carbonyl (C=O) groups excluding carboxylic acids is 1. The van der Waals surface area contributed by atoms with Crippen molar-refractivity contribution in [3.8, 4) is 0 Å². The van der Waals surface area contributed by atoms with E-state index < -0.39 is 0 Å². The first kappa shape index (κ1) is 14.0. The van der Waals surface area contributed by atoms with Crippen LogP contribution in [0, 0.1) is 0 Å². The second-order valence-corrected chi connectivity index (χ2v) is 4.46. The Bertz CT molecular complexity index is 356. The lowest BCUT2D eigenvalue weighted by molar-refractivity contribution is 0.0925. The van der Waals surface area contributed by atoms with Gasteiger partial charge in [-0.05, 0) is 37.8 Å². The van der Waals surface area contributed by atoms with E-state index in [1.54, 1.807) is 0 Å². The van der Waals surface area contributed by atoms with E-state index in [0.29, 0.717) is 0 Å². The highest BCUT2D eigenvalue weighted by Gasteiger charge is 2.20. The number of amides is 1. The number of benzene rings is 1. The molecule has 17 heavy (non-hydrogen) atoms. The second-order valence-electron chi connectivity index (χ2n) is 4.46. The van der Waals surface area contributed by atoms with Gasteiger partial charge in [-0.1, -0.05) is 18.2 Å². The minimum absolute atomic E-state index is 0. The molecule has 0 spiro atoms. The number of hydrogen-bond donors (Lipinski definition) is 2. The number of carbonyl (C=O) groups is 1. The summed E-state index contributed by atoms with van der Waals surface area (Å²) >= 11 is 0. The summed E-state index contributed by atoms with van der Waals surface area (Å²) in [4.78, 5) is 11.9. The Labute approximate surface area is 108 Å². The van der Waals surface area contributed by atoms with Crippen molar-refractivity contribution in [1.29, 1.82) is 0 Å². The van der Waals surface area contributed by atoms with Crippen LogP contribution in [0.4, 0.5) is 0 Å². The molecule has 0 saturated heterocycles. The smallest absolute Gasteiger partial charge is 0.251 e. The predicted molar refractivity (Wildman–Crippen MR) is 71.4 cm³/mol. The van der Waals surface area contributed by atoms with Crippen LogP contribution < -0.4 is 11.1 Å². The van der Waals surface area contributed by atoms with Crippen LogP contribution in [0.1, 0.15) is 36.0 Å². The molecule has 1 aliphatic rings. The van der Waals surface area contributed by atoms with Gasteiger partial charge in [0.1, 0.15) is 0 Å². The molecular weight excluding hydrogens is 236 g/mol. The monoisotopic (exact) mass is 254 g/mol. The molecule has 0 aromatic heterocycles. The van der Waals surface area contributed by atoms with Crippen molar-refractivity contribution < 1.29 is 4.79 Å². The molecule has 1 aromatic rings. The number of hydrogen-bond acceptors (Lipinski definition) is 2. The Balaban J connectivity index is 0.00000144. The summed E-state index contributed by atoms with van der Waals surface area (Å²) in [5.41, 5.74) is 6.61. The Morgan fingerprint density at radius 3 is 2.59 bits per heavy atom. The highest BCUT2D eigenvalue weighted by atomic mass is 35.5. The minimum Gasteiger partial charge on any atom is -0.349 e. The van der Waals surface area contributed by atoms with Gasteiger partial charge in [0.05, 0.1) is 0 Å². The van der Waals surface area contributed by atoms with Crippen molar-refractivity contribution in [3.63, 3.8) is 0 Å². The SMILES string of the molecule is Cl.NC1CCCC(NC(=O)c2ccccc2)C1. The number of nitrogens with two attached hydrogens (primary N) is 1. The molecule has 1 aliphatic carbocycles. The molecule has 0 heterocycles. The van der Waals surface area contributed by atoms with E-state index >= 15 is 0 Å². The lowest BCUT2D eigenvalue weighted by Gasteiger charge is -2.27. The molecule has 1 aromatic carbocycles. The third-order valence-corrected chi connectivity index (χ3v) is 3.09. The summed E-state index contributed by atoms with van der Waals surface area (Å²) < 4.78 is 0. The van der Waals surface area contributed by atoms with Gasteiger partial charge in [-0.2, -0.15) is 0 Å². The fraction of sp³-hybridized carbons (Fsp3) is 0.462. The largest absolute Gasteiger partial charge is 0.349 e. The predicted octanol–water partition coefficient (Wildman–Crippen LogP) is 2.11. The summed E-state index contributed by atoms with van der Waals surface area (Å²) in [5, 5.41) is 3.05. The molecule has 1 amide bonds. The van der Waals surface area contributed by atoms with Gasteiger partial charge >= 0.3 is 0 Å². The highest BCUT2D eigenvalue weighted by molar-refractivity contribution is 5.94. The molecule has 3 N–H and O–H groups in total. The molecule has 1 saturated carbocycles. The van der Waals surface area contributed by atoms with Gasteiger partial charge in [-0.15, -0.1) is 12.4 Å². The van der Waals surface area contributed by atoms with E-state index in [-0.39, 0.29) is 30.4 Å². The Hall–Kier alpha value is -1.06. The summed E-state index contributed by atoms with van der Waals surface area (Å²) in [5.74, 6) is 0.0136. The molecule has 4 heteroatoms. The Kier molecular flexibility index (Phi) is 5.45. The molecule has 0 radical (unpaired) electrons. The second kappa shape index (κ2) is 6.62. The van der Waals surface area contributed by atoms with Crippen molar-refractivity contribution in [2.45, 2.75) is 37.8 Å². The zero-order valence-electron chi connectivity index (χ0n) is 9.76. The average Bonchev–Trinajstić information content (AvgIpc) is 2.30. The summed E-state index contributed by atoms with van der Waals surface area (Å²) in [6.45, 7) is 0. The van der Waals surface area contributed by atoms with Crippen LogP contribution in [-0.4, -0.2) is 18.0 Å². The van der Waals surface area contributed by atoms with Crippen LogP contribution in [0.25, 0.3) is 0 Å². The van der Waals surface area contributed by atoms with Crippen molar-refractivity contribution in [2.75, 3.05) is 0 Å². The maximum absolute atomic E-state index is 11.9. The van der Waals surface area contributed by atoms with E-state index in [9.17, 15) is 4.79 Å². The quantitative estimate of drug-likeness (QED) is 0.849. The van der Waals surface area contributed by atoms with Crippen LogP contribution >= 0.6 is 12.4 Å². The lowest BCUT2D eigenvalue weighted by atomic mass is 9.91. The summed E-state index contributed by atoms with van der Waals surface area (Å²) in [6, 6.07) is 9.82. The van der Waals surface area contributed by atoms with Gasteiger partial charge in [-0.25, -0.2) is 0 Å². The first-order valence-corrected chi connectivity index (χ1v) is 5.87. The van der Waals surface area contributed by atoms with Crippen molar-refractivity contribution in [1.82, 2.24) is 5.32 Å². The third kappa shape index (κ3) is 4.02. The molecule has 2 atom stereocenters. The third-order valence-electron chi connectivity index (χ3n) is 3.09. The summed E-state index contributed by atoms with van der Waals surface area (Å²) in [6.07, 6.45) is 4.14. The van der Waals surface area contributed by atoms with Gasteiger partial charge in [0.25, 0.3) is 5.91 Å². The zero-order chi connectivity index (χ0) is 11.4. The van der Waals surface area contributed by atoms with Crippen LogP contribution in [0.5, 0.6) is 0 Å². The van der Waals surface area contributed by atoms with Crippen LogP contribution in [0.15, 0.2) is 30.3 Å².